The van der Waals surface area contributed by atoms with E-state index < -0.39 is 0 Å². The van der Waals surface area contributed by atoms with Gasteiger partial charge in [-0.15, -0.1) is 0 Å². The van der Waals surface area contributed by atoms with E-state index in [9.17, 15) is 0 Å². The molecule has 1 fully saturated rings. The van der Waals surface area contributed by atoms with Gasteiger partial charge in [0.15, 0.2) is 0 Å². The molecule has 2 bridgehead atoms. The predicted octanol–water partition coefficient (Wildman–Crippen LogP) is 2.38. The van der Waals surface area contributed by atoms with Crippen molar-refractivity contribution < 1.29 is 0 Å². The summed E-state index contributed by atoms with van der Waals surface area (Å²) in [6.07, 6.45) is 12.5. The normalized spacial score (nSPS) is 54.4. The van der Waals surface area contributed by atoms with Crippen LogP contribution in [0.2, 0.25) is 0 Å². The first-order valence-electron chi connectivity index (χ1n) is 4.30. The van der Waals surface area contributed by atoms with E-state index in [2.05, 4.69) is 24.3 Å². The van der Waals surface area contributed by atoms with E-state index in [1.807, 2.05) is 0 Å². The van der Waals surface area contributed by atoms with Crippen molar-refractivity contribution in [2.75, 3.05) is 0 Å². The van der Waals surface area contributed by atoms with Crippen molar-refractivity contribution in [3.8, 4) is 0 Å². The van der Waals surface area contributed by atoms with Gasteiger partial charge in [-0.1, -0.05) is 24.3 Å². The Labute approximate surface area is 61.6 Å². The van der Waals surface area contributed by atoms with Gasteiger partial charge in [0.05, 0.1) is 0 Å². The molecule has 0 radical (unpaired) electrons. The van der Waals surface area contributed by atoms with Crippen LogP contribution >= 0.6 is 0 Å². The second-order valence-electron chi connectivity index (χ2n) is 3.85. The van der Waals surface area contributed by atoms with E-state index in [0.717, 1.165) is 23.7 Å². The predicted molar refractivity (Wildman–Crippen MR) is 41.5 cm³/mol. The minimum absolute atomic E-state index is 0.925. The van der Waals surface area contributed by atoms with Crippen molar-refractivity contribution in [3.63, 3.8) is 0 Å². The molecule has 0 aromatic rings. The Morgan fingerprint density at radius 2 is 1.90 bits per heavy atom. The SMILES string of the molecule is C1=C[C@@H]2[C@H](C1)[C@@H]1C=C[C@H]2C1. The smallest absolute Gasteiger partial charge is 0.0133 e. The summed E-state index contributed by atoms with van der Waals surface area (Å²) >= 11 is 0. The highest BCUT2D eigenvalue weighted by Gasteiger charge is 2.44. The lowest BCUT2D eigenvalue weighted by atomic mass is 9.86. The molecule has 0 saturated heterocycles. The van der Waals surface area contributed by atoms with Gasteiger partial charge >= 0.3 is 0 Å². The lowest BCUT2D eigenvalue weighted by Gasteiger charge is -2.18. The number of allylic oxidation sites excluding steroid dienone is 4. The summed E-state index contributed by atoms with van der Waals surface area (Å²) in [7, 11) is 0. The molecular weight excluding hydrogens is 120 g/mol. The number of hydrogen-bond acceptors (Lipinski definition) is 0. The standard InChI is InChI=1S/C10H12/c1-2-9-7-4-5-8(6-7)10(9)3-1/h1-2,4-5,7-10H,3,6H2/t7-,8+,9-,10+/m0/s1. The van der Waals surface area contributed by atoms with Crippen LogP contribution in [-0.2, 0) is 0 Å². The van der Waals surface area contributed by atoms with Crippen LogP contribution in [0.4, 0.5) is 0 Å². The van der Waals surface area contributed by atoms with Crippen LogP contribution in [0.3, 0.4) is 0 Å². The second kappa shape index (κ2) is 1.55. The van der Waals surface area contributed by atoms with Gasteiger partial charge in [0.2, 0.25) is 0 Å². The molecule has 0 heterocycles. The Balaban J connectivity index is 2.04. The molecule has 0 amide bonds. The molecule has 3 rings (SSSR count). The first-order chi connectivity index (χ1) is 4.95. The van der Waals surface area contributed by atoms with Gasteiger partial charge < -0.3 is 0 Å². The van der Waals surface area contributed by atoms with Gasteiger partial charge in [-0.25, -0.2) is 0 Å². The van der Waals surface area contributed by atoms with Crippen LogP contribution < -0.4 is 0 Å². The molecule has 10 heavy (non-hydrogen) atoms. The monoisotopic (exact) mass is 132 g/mol. The van der Waals surface area contributed by atoms with Crippen molar-refractivity contribution in [3.05, 3.63) is 24.3 Å². The minimum Gasteiger partial charge on any atom is -0.0879 e. The number of fused-ring (bicyclic) bond motifs is 5. The van der Waals surface area contributed by atoms with Crippen LogP contribution in [0.1, 0.15) is 12.8 Å². The zero-order valence-electron chi connectivity index (χ0n) is 6.03. The minimum atomic E-state index is 0.925. The maximum atomic E-state index is 2.44. The van der Waals surface area contributed by atoms with Crippen LogP contribution in [-0.4, -0.2) is 0 Å². The largest absolute Gasteiger partial charge is 0.0879 e. The molecule has 0 aliphatic heterocycles. The molecule has 3 aliphatic carbocycles. The van der Waals surface area contributed by atoms with Crippen LogP contribution in [0, 0.1) is 23.7 Å². The number of hydrogen-bond donors (Lipinski definition) is 0. The summed E-state index contributed by atoms with van der Waals surface area (Å²) in [6.45, 7) is 0. The topological polar surface area (TPSA) is 0 Å². The highest BCUT2D eigenvalue weighted by Crippen LogP contribution is 2.52. The first kappa shape index (κ1) is 5.17. The Kier molecular flexibility index (Phi) is 0.803. The summed E-state index contributed by atoms with van der Waals surface area (Å²) < 4.78 is 0. The van der Waals surface area contributed by atoms with Crippen LogP contribution in [0.25, 0.3) is 0 Å². The highest BCUT2D eigenvalue weighted by molar-refractivity contribution is 5.21. The maximum absolute atomic E-state index is 2.44. The summed E-state index contributed by atoms with van der Waals surface area (Å²) in [4.78, 5) is 0. The summed E-state index contributed by atoms with van der Waals surface area (Å²) in [5.41, 5.74) is 0. The third-order valence-corrected chi connectivity index (χ3v) is 3.46. The fraction of sp³-hybridized carbons (Fsp3) is 0.600. The van der Waals surface area contributed by atoms with Gasteiger partial charge in [0, 0.05) is 0 Å². The van der Waals surface area contributed by atoms with E-state index >= 15 is 0 Å². The molecule has 4 atom stereocenters. The molecule has 52 valence electrons. The Morgan fingerprint density at radius 3 is 2.80 bits per heavy atom. The maximum Gasteiger partial charge on any atom is -0.0133 e. The van der Waals surface area contributed by atoms with Gasteiger partial charge in [-0.2, -0.15) is 0 Å². The average Bonchev–Trinajstić information content (AvgIpc) is 2.60. The van der Waals surface area contributed by atoms with Gasteiger partial charge in [-0.3, -0.25) is 0 Å². The second-order valence-corrected chi connectivity index (χ2v) is 3.85. The Hall–Kier alpha value is -0.520. The Bertz CT molecular complexity index is 212. The van der Waals surface area contributed by atoms with Crippen molar-refractivity contribution in [2.45, 2.75) is 12.8 Å². The van der Waals surface area contributed by atoms with E-state index in [4.69, 9.17) is 0 Å². The van der Waals surface area contributed by atoms with Crippen LogP contribution in [0.5, 0.6) is 0 Å². The lowest BCUT2D eigenvalue weighted by Crippen LogP contribution is -2.12. The average molecular weight is 132 g/mol. The molecule has 0 spiro atoms. The molecule has 0 unspecified atom stereocenters. The molecule has 0 aromatic heterocycles. The van der Waals surface area contributed by atoms with Crippen molar-refractivity contribution >= 4 is 0 Å². The summed E-state index contributed by atoms with van der Waals surface area (Å²) in [5.74, 6) is 3.82. The summed E-state index contributed by atoms with van der Waals surface area (Å²) in [5, 5.41) is 0. The molecule has 3 aliphatic rings. The molecule has 0 heteroatoms. The molecule has 1 saturated carbocycles. The van der Waals surface area contributed by atoms with E-state index in [1.165, 1.54) is 12.8 Å². The number of rotatable bonds is 0. The van der Waals surface area contributed by atoms with E-state index in [0.29, 0.717) is 0 Å². The summed E-state index contributed by atoms with van der Waals surface area (Å²) in [6, 6.07) is 0. The van der Waals surface area contributed by atoms with Crippen molar-refractivity contribution in [2.24, 2.45) is 23.7 Å². The third kappa shape index (κ3) is 0.448. The molecule has 0 N–H and O–H groups in total. The fourth-order valence-electron chi connectivity index (χ4n) is 2.97. The zero-order chi connectivity index (χ0) is 6.55. The fourth-order valence-corrected chi connectivity index (χ4v) is 2.97. The Morgan fingerprint density at radius 1 is 1.00 bits per heavy atom. The third-order valence-electron chi connectivity index (χ3n) is 3.46. The highest BCUT2D eigenvalue weighted by atomic mass is 14.5. The van der Waals surface area contributed by atoms with Gasteiger partial charge in [-0.05, 0) is 36.5 Å². The van der Waals surface area contributed by atoms with Crippen molar-refractivity contribution in [1.29, 1.82) is 0 Å². The quantitative estimate of drug-likeness (QED) is 0.444. The molecule has 0 nitrogen and oxygen atoms in total. The van der Waals surface area contributed by atoms with Crippen molar-refractivity contribution in [1.82, 2.24) is 0 Å². The zero-order valence-corrected chi connectivity index (χ0v) is 6.03. The first-order valence-corrected chi connectivity index (χ1v) is 4.30. The van der Waals surface area contributed by atoms with Gasteiger partial charge in [0.25, 0.3) is 0 Å². The molecular formula is C10H12. The van der Waals surface area contributed by atoms with Crippen LogP contribution in [0.15, 0.2) is 24.3 Å². The van der Waals surface area contributed by atoms with E-state index in [1.54, 1.807) is 0 Å². The molecule has 0 aromatic carbocycles. The lowest BCUT2D eigenvalue weighted by molar-refractivity contribution is 0.398. The van der Waals surface area contributed by atoms with E-state index in [-0.39, 0.29) is 0 Å². The van der Waals surface area contributed by atoms with Gasteiger partial charge in [0.1, 0.15) is 0 Å².